The molecule has 1 atom stereocenters. The first-order valence-corrected chi connectivity index (χ1v) is 7.26. The van der Waals surface area contributed by atoms with Crippen LogP contribution in [0.25, 0.3) is 0 Å². The molecule has 1 heterocycles. The molecule has 0 aliphatic carbocycles. The second-order valence-electron chi connectivity index (χ2n) is 6.41. The summed E-state index contributed by atoms with van der Waals surface area (Å²) in [6, 6.07) is -0.712. The lowest BCUT2D eigenvalue weighted by Crippen LogP contribution is -2.61. The third-order valence-corrected chi connectivity index (χ3v) is 3.88. The summed E-state index contributed by atoms with van der Waals surface area (Å²) < 4.78 is 14.9. The summed E-state index contributed by atoms with van der Waals surface area (Å²) in [6.45, 7) is 7.32. The smallest absolute Gasteiger partial charge is 0.410 e. The summed E-state index contributed by atoms with van der Waals surface area (Å²) in [6.07, 6.45) is 0.192. The number of likely N-dealkylation sites (tertiary alicyclic amines) is 1. The van der Waals surface area contributed by atoms with Gasteiger partial charge < -0.3 is 19.1 Å². The van der Waals surface area contributed by atoms with E-state index in [1.165, 1.54) is 19.1 Å². The van der Waals surface area contributed by atoms with Crippen molar-refractivity contribution in [2.24, 2.45) is 5.41 Å². The zero-order chi connectivity index (χ0) is 17.1. The fourth-order valence-electron chi connectivity index (χ4n) is 2.76. The SMILES string of the molecule is COC(=O)C1(C(=O)OC)CCCN(C(=O)OC(C)(C)C)C1C. The topological polar surface area (TPSA) is 82.1 Å². The number of carbonyl (C=O) groups is 3. The average Bonchev–Trinajstić information content (AvgIpc) is 2.44. The fraction of sp³-hybridized carbons (Fsp3) is 0.800. The summed E-state index contributed by atoms with van der Waals surface area (Å²) in [7, 11) is 2.43. The zero-order valence-electron chi connectivity index (χ0n) is 14.1. The summed E-state index contributed by atoms with van der Waals surface area (Å²) in [4.78, 5) is 38.2. The molecule has 0 aromatic rings. The standard InChI is InChI=1S/C15H25NO6/c1-10-15(11(17)20-5,12(18)21-6)8-7-9-16(10)13(19)22-14(2,3)4/h10H,7-9H2,1-6H3. The van der Waals surface area contributed by atoms with Gasteiger partial charge in [0.2, 0.25) is 0 Å². The van der Waals surface area contributed by atoms with Crippen LogP contribution >= 0.6 is 0 Å². The van der Waals surface area contributed by atoms with Gasteiger partial charge in [0.15, 0.2) is 5.41 Å². The predicted octanol–water partition coefficient (Wildman–Crippen LogP) is 1.74. The van der Waals surface area contributed by atoms with Gasteiger partial charge in [-0.15, -0.1) is 0 Å². The van der Waals surface area contributed by atoms with Crippen molar-refractivity contribution < 1.29 is 28.6 Å². The molecule has 1 saturated heterocycles. The molecule has 1 amide bonds. The van der Waals surface area contributed by atoms with Crippen LogP contribution in [0.3, 0.4) is 0 Å². The van der Waals surface area contributed by atoms with Crippen molar-refractivity contribution in [1.29, 1.82) is 0 Å². The van der Waals surface area contributed by atoms with E-state index in [2.05, 4.69) is 0 Å². The Balaban J connectivity index is 3.14. The molecule has 1 aliphatic rings. The van der Waals surface area contributed by atoms with Crippen LogP contribution in [0, 0.1) is 5.41 Å². The van der Waals surface area contributed by atoms with Gasteiger partial charge in [-0.3, -0.25) is 9.59 Å². The van der Waals surface area contributed by atoms with Crippen LogP contribution in [0.15, 0.2) is 0 Å². The second-order valence-corrected chi connectivity index (χ2v) is 6.41. The predicted molar refractivity (Wildman–Crippen MR) is 78.1 cm³/mol. The molecule has 1 aliphatic heterocycles. The number of amides is 1. The lowest BCUT2D eigenvalue weighted by Gasteiger charge is -2.44. The maximum absolute atomic E-state index is 12.3. The minimum atomic E-state index is -1.52. The van der Waals surface area contributed by atoms with Crippen LogP contribution in [-0.2, 0) is 23.8 Å². The van der Waals surface area contributed by atoms with E-state index in [1.54, 1.807) is 27.7 Å². The van der Waals surface area contributed by atoms with E-state index < -0.39 is 35.1 Å². The number of esters is 2. The van der Waals surface area contributed by atoms with Gasteiger partial charge in [-0.2, -0.15) is 0 Å². The number of hydrogen-bond donors (Lipinski definition) is 0. The molecule has 7 heteroatoms. The number of rotatable bonds is 2. The number of nitrogens with zero attached hydrogens (tertiary/aromatic N) is 1. The highest BCUT2D eigenvalue weighted by Crippen LogP contribution is 2.39. The molecule has 1 rings (SSSR count). The largest absolute Gasteiger partial charge is 0.468 e. The van der Waals surface area contributed by atoms with E-state index in [0.29, 0.717) is 13.0 Å². The molecular formula is C15H25NO6. The highest BCUT2D eigenvalue weighted by Gasteiger charge is 2.57. The normalized spacial score (nSPS) is 21.0. The van der Waals surface area contributed by atoms with Crippen molar-refractivity contribution in [2.45, 2.75) is 52.2 Å². The van der Waals surface area contributed by atoms with Crippen LogP contribution in [0.5, 0.6) is 0 Å². The molecule has 1 unspecified atom stereocenters. The van der Waals surface area contributed by atoms with E-state index in [4.69, 9.17) is 14.2 Å². The van der Waals surface area contributed by atoms with Crippen LogP contribution < -0.4 is 0 Å². The number of carbonyl (C=O) groups excluding carboxylic acids is 3. The molecule has 0 N–H and O–H groups in total. The molecular weight excluding hydrogens is 290 g/mol. The number of hydrogen-bond acceptors (Lipinski definition) is 6. The Morgan fingerprint density at radius 1 is 1.09 bits per heavy atom. The van der Waals surface area contributed by atoms with Crippen molar-refractivity contribution in [3.63, 3.8) is 0 Å². The second kappa shape index (κ2) is 6.54. The van der Waals surface area contributed by atoms with Crippen LogP contribution in [-0.4, -0.2) is 55.3 Å². The molecule has 0 saturated carbocycles. The Morgan fingerprint density at radius 2 is 1.59 bits per heavy atom. The Bertz CT molecular complexity index is 437. The fourth-order valence-corrected chi connectivity index (χ4v) is 2.76. The van der Waals surface area contributed by atoms with Crippen molar-refractivity contribution >= 4 is 18.0 Å². The van der Waals surface area contributed by atoms with Crippen molar-refractivity contribution in [3.8, 4) is 0 Å². The Labute approximate surface area is 130 Å². The van der Waals surface area contributed by atoms with Gasteiger partial charge >= 0.3 is 18.0 Å². The van der Waals surface area contributed by atoms with E-state index in [-0.39, 0.29) is 6.42 Å². The molecule has 1 fully saturated rings. The highest BCUT2D eigenvalue weighted by molar-refractivity contribution is 6.01. The minimum Gasteiger partial charge on any atom is -0.468 e. The van der Waals surface area contributed by atoms with E-state index in [1.807, 2.05) is 0 Å². The van der Waals surface area contributed by atoms with Gasteiger partial charge in [-0.1, -0.05) is 0 Å². The van der Waals surface area contributed by atoms with Crippen LogP contribution in [0.4, 0.5) is 4.79 Å². The first-order valence-electron chi connectivity index (χ1n) is 7.26. The molecule has 126 valence electrons. The number of ether oxygens (including phenoxy) is 3. The van der Waals surface area contributed by atoms with Gasteiger partial charge in [0.1, 0.15) is 5.60 Å². The average molecular weight is 315 g/mol. The lowest BCUT2D eigenvalue weighted by molar-refractivity contribution is -0.177. The molecule has 0 radical (unpaired) electrons. The third-order valence-electron chi connectivity index (χ3n) is 3.88. The van der Waals surface area contributed by atoms with Crippen molar-refractivity contribution in [1.82, 2.24) is 4.90 Å². The van der Waals surface area contributed by atoms with Gasteiger partial charge in [0.25, 0.3) is 0 Å². The quantitative estimate of drug-likeness (QED) is 0.438. The number of methoxy groups -OCH3 is 2. The molecule has 0 aromatic heterocycles. The van der Waals surface area contributed by atoms with Gasteiger partial charge in [0, 0.05) is 6.54 Å². The summed E-state index contributed by atoms with van der Waals surface area (Å²) in [5.74, 6) is -1.39. The van der Waals surface area contributed by atoms with Crippen LogP contribution in [0.1, 0.15) is 40.5 Å². The monoisotopic (exact) mass is 315 g/mol. The number of piperidine rings is 1. The summed E-state index contributed by atoms with van der Waals surface area (Å²) >= 11 is 0. The van der Waals surface area contributed by atoms with Gasteiger partial charge in [-0.05, 0) is 40.5 Å². The van der Waals surface area contributed by atoms with Gasteiger partial charge in [-0.25, -0.2) is 4.79 Å². The Morgan fingerprint density at radius 3 is 2.00 bits per heavy atom. The first kappa shape index (κ1) is 18.3. The summed E-state index contributed by atoms with van der Waals surface area (Å²) in [5, 5.41) is 0. The van der Waals surface area contributed by atoms with E-state index in [0.717, 1.165) is 0 Å². The highest BCUT2D eigenvalue weighted by atomic mass is 16.6. The Kier molecular flexibility index (Phi) is 5.43. The lowest BCUT2D eigenvalue weighted by atomic mass is 9.73. The van der Waals surface area contributed by atoms with Gasteiger partial charge in [0.05, 0.1) is 20.3 Å². The minimum absolute atomic E-state index is 0.271. The van der Waals surface area contributed by atoms with Crippen molar-refractivity contribution in [2.75, 3.05) is 20.8 Å². The summed E-state index contributed by atoms with van der Waals surface area (Å²) in [5.41, 5.74) is -2.17. The maximum atomic E-state index is 12.3. The maximum Gasteiger partial charge on any atom is 0.410 e. The first-order chi connectivity index (χ1) is 10.1. The third kappa shape index (κ3) is 3.34. The molecule has 0 bridgehead atoms. The van der Waals surface area contributed by atoms with Crippen molar-refractivity contribution in [3.05, 3.63) is 0 Å². The van der Waals surface area contributed by atoms with E-state index in [9.17, 15) is 14.4 Å². The van der Waals surface area contributed by atoms with Crippen LogP contribution in [0.2, 0.25) is 0 Å². The molecule has 7 nitrogen and oxygen atoms in total. The Hall–Kier alpha value is -1.79. The molecule has 0 aromatic carbocycles. The van der Waals surface area contributed by atoms with E-state index >= 15 is 0 Å². The zero-order valence-corrected chi connectivity index (χ0v) is 14.1. The molecule has 22 heavy (non-hydrogen) atoms. The molecule has 0 spiro atoms.